The average molecular weight is 327 g/mol. The number of hydrogen-bond donors (Lipinski definition) is 0. The van der Waals surface area contributed by atoms with Gasteiger partial charge >= 0.3 is 5.97 Å². The van der Waals surface area contributed by atoms with Gasteiger partial charge in [-0.2, -0.15) is 0 Å². The highest BCUT2D eigenvalue weighted by atomic mass is 16.5. The number of rotatable bonds is 17. The third-order valence-electron chi connectivity index (χ3n) is 4.42. The highest BCUT2D eigenvalue weighted by molar-refractivity contribution is 5.69. The predicted octanol–water partition coefficient (Wildman–Crippen LogP) is 7.06. The van der Waals surface area contributed by atoms with E-state index in [1.54, 1.807) is 0 Å². The van der Waals surface area contributed by atoms with Crippen molar-refractivity contribution in [2.24, 2.45) is 5.92 Å². The van der Waals surface area contributed by atoms with Gasteiger partial charge in [0.1, 0.15) is 0 Å². The first-order chi connectivity index (χ1) is 11.2. The van der Waals surface area contributed by atoms with Gasteiger partial charge in [0, 0.05) is 6.42 Å². The molecule has 0 radical (unpaired) electrons. The van der Waals surface area contributed by atoms with E-state index < -0.39 is 0 Å². The summed E-state index contributed by atoms with van der Waals surface area (Å²) in [5.41, 5.74) is 0. The van der Waals surface area contributed by atoms with Gasteiger partial charge in [0.15, 0.2) is 0 Å². The Morgan fingerprint density at radius 2 is 1.22 bits per heavy atom. The molecule has 2 heteroatoms. The molecule has 0 aromatic carbocycles. The zero-order valence-electron chi connectivity index (χ0n) is 16.2. The molecule has 0 rings (SSSR count). The van der Waals surface area contributed by atoms with Gasteiger partial charge in [-0.15, -0.1) is 0 Å². The molecule has 0 N–H and O–H groups in total. The summed E-state index contributed by atoms with van der Waals surface area (Å²) in [5, 5.41) is 0. The Labute approximate surface area is 145 Å². The number of hydrogen-bond acceptors (Lipinski definition) is 2. The molecule has 0 spiro atoms. The van der Waals surface area contributed by atoms with Crippen molar-refractivity contribution in [1.29, 1.82) is 0 Å². The summed E-state index contributed by atoms with van der Waals surface area (Å²) in [4.78, 5) is 11.5. The molecule has 138 valence electrons. The Morgan fingerprint density at radius 1 is 0.739 bits per heavy atom. The van der Waals surface area contributed by atoms with Crippen LogP contribution in [-0.2, 0) is 9.53 Å². The third kappa shape index (κ3) is 19.4. The van der Waals surface area contributed by atoms with Crippen molar-refractivity contribution in [3.05, 3.63) is 0 Å². The van der Waals surface area contributed by atoms with Crippen molar-refractivity contribution in [3.8, 4) is 0 Å². The van der Waals surface area contributed by atoms with Gasteiger partial charge in [0.25, 0.3) is 0 Å². The fourth-order valence-electron chi connectivity index (χ4n) is 2.86. The molecule has 0 aliphatic rings. The molecule has 0 fully saturated rings. The highest BCUT2D eigenvalue weighted by Gasteiger charge is 2.03. The zero-order chi connectivity index (χ0) is 17.2. The van der Waals surface area contributed by atoms with Crippen LogP contribution in [0.5, 0.6) is 0 Å². The first kappa shape index (κ1) is 22.5. The van der Waals surface area contributed by atoms with Crippen LogP contribution in [0.15, 0.2) is 0 Å². The van der Waals surface area contributed by atoms with E-state index in [9.17, 15) is 4.79 Å². The summed E-state index contributed by atoms with van der Waals surface area (Å²) in [5.74, 6) is 0.674. The lowest BCUT2D eigenvalue weighted by atomic mass is 10.1. The summed E-state index contributed by atoms with van der Waals surface area (Å²) >= 11 is 0. The third-order valence-corrected chi connectivity index (χ3v) is 4.42. The fourth-order valence-corrected chi connectivity index (χ4v) is 2.86. The van der Waals surface area contributed by atoms with Crippen LogP contribution >= 0.6 is 0 Å². The lowest BCUT2D eigenvalue weighted by Gasteiger charge is -2.06. The highest BCUT2D eigenvalue weighted by Crippen LogP contribution is 2.12. The largest absolute Gasteiger partial charge is 0.466 e. The Morgan fingerprint density at radius 3 is 1.70 bits per heavy atom. The van der Waals surface area contributed by atoms with Crippen molar-refractivity contribution in [2.45, 2.75) is 117 Å². The topological polar surface area (TPSA) is 26.3 Å². The zero-order valence-corrected chi connectivity index (χ0v) is 16.2. The maximum atomic E-state index is 11.5. The van der Waals surface area contributed by atoms with Crippen LogP contribution < -0.4 is 0 Å². The summed E-state index contributed by atoms with van der Waals surface area (Å²) in [7, 11) is 0. The predicted molar refractivity (Wildman–Crippen MR) is 101 cm³/mol. The second-order valence-electron chi connectivity index (χ2n) is 7.40. The number of esters is 1. The Kier molecular flexibility index (Phi) is 17.4. The molecule has 0 aromatic rings. The van der Waals surface area contributed by atoms with E-state index in [4.69, 9.17) is 4.74 Å². The molecule has 23 heavy (non-hydrogen) atoms. The van der Waals surface area contributed by atoms with E-state index >= 15 is 0 Å². The normalized spacial score (nSPS) is 11.1. The number of carbonyl (C=O) groups excluding carboxylic acids is 1. The van der Waals surface area contributed by atoms with Crippen LogP contribution in [0.25, 0.3) is 0 Å². The Balaban J connectivity index is 3.11. The molecule has 0 saturated heterocycles. The van der Waals surface area contributed by atoms with Gasteiger partial charge in [0.2, 0.25) is 0 Å². The lowest BCUT2D eigenvalue weighted by Crippen LogP contribution is -2.06. The summed E-state index contributed by atoms with van der Waals surface area (Å²) in [6.45, 7) is 7.28. The minimum atomic E-state index is -0.00581. The van der Waals surface area contributed by atoms with Crippen molar-refractivity contribution in [1.82, 2.24) is 0 Å². The maximum Gasteiger partial charge on any atom is 0.305 e. The Hall–Kier alpha value is -0.530. The summed E-state index contributed by atoms with van der Waals surface area (Å²) < 4.78 is 5.28. The first-order valence-electron chi connectivity index (χ1n) is 10.3. The maximum absolute atomic E-state index is 11.5. The van der Waals surface area contributed by atoms with Gasteiger partial charge in [-0.3, -0.25) is 4.79 Å². The van der Waals surface area contributed by atoms with E-state index in [1.165, 1.54) is 70.6 Å². The standard InChI is InChI=1S/C21H42O2/c1-4-5-6-7-8-9-10-11-12-13-14-15-19-23-21(22)18-16-17-20(2)3/h20H,4-19H2,1-3H3. The average Bonchev–Trinajstić information content (AvgIpc) is 2.51. The molecular formula is C21H42O2. The molecule has 0 heterocycles. The molecule has 0 bridgehead atoms. The number of unbranched alkanes of at least 4 members (excludes halogenated alkanes) is 11. The van der Waals surface area contributed by atoms with E-state index in [1.807, 2.05) is 0 Å². The molecular weight excluding hydrogens is 284 g/mol. The van der Waals surface area contributed by atoms with Crippen LogP contribution in [0, 0.1) is 5.92 Å². The van der Waals surface area contributed by atoms with Gasteiger partial charge in [-0.1, -0.05) is 97.8 Å². The van der Waals surface area contributed by atoms with E-state index in [0.29, 0.717) is 18.9 Å². The van der Waals surface area contributed by atoms with Gasteiger partial charge in [-0.25, -0.2) is 0 Å². The second-order valence-corrected chi connectivity index (χ2v) is 7.40. The molecule has 0 aliphatic heterocycles. The second kappa shape index (κ2) is 17.8. The number of carbonyl (C=O) groups is 1. The molecule has 0 amide bonds. The molecule has 0 saturated carbocycles. The minimum Gasteiger partial charge on any atom is -0.466 e. The molecule has 0 unspecified atom stereocenters. The van der Waals surface area contributed by atoms with Crippen LogP contribution in [0.1, 0.15) is 117 Å². The lowest BCUT2D eigenvalue weighted by molar-refractivity contribution is -0.143. The van der Waals surface area contributed by atoms with Crippen LogP contribution in [-0.4, -0.2) is 12.6 Å². The smallest absolute Gasteiger partial charge is 0.305 e. The minimum absolute atomic E-state index is 0.00581. The monoisotopic (exact) mass is 326 g/mol. The molecule has 0 atom stereocenters. The summed E-state index contributed by atoms with van der Waals surface area (Å²) in [6, 6.07) is 0. The Bertz CT molecular complexity index is 248. The van der Waals surface area contributed by atoms with Crippen LogP contribution in [0.3, 0.4) is 0 Å². The molecule has 2 nitrogen and oxygen atoms in total. The molecule has 0 aromatic heterocycles. The van der Waals surface area contributed by atoms with Crippen molar-refractivity contribution < 1.29 is 9.53 Å². The van der Waals surface area contributed by atoms with E-state index in [-0.39, 0.29) is 5.97 Å². The van der Waals surface area contributed by atoms with Crippen LogP contribution in [0.4, 0.5) is 0 Å². The quantitative estimate of drug-likeness (QED) is 0.211. The first-order valence-corrected chi connectivity index (χ1v) is 10.3. The van der Waals surface area contributed by atoms with E-state index in [0.717, 1.165) is 19.3 Å². The SMILES string of the molecule is CCCCCCCCCCCCCCOC(=O)CCCC(C)C. The molecule has 0 aliphatic carbocycles. The van der Waals surface area contributed by atoms with Crippen molar-refractivity contribution in [2.75, 3.05) is 6.61 Å². The summed E-state index contributed by atoms with van der Waals surface area (Å²) in [6.07, 6.45) is 18.8. The van der Waals surface area contributed by atoms with Crippen molar-refractivity contribution >= 4 is 5.97 Å². The van der Waals surface area contributed by atoms with Crippen molar-refractivity contribution in [3.63, 3.8) is 0 Å². The fraction of sp³-hybridized carbons (Fsp3) is 0.952. The van der Waals surface area contributed by atoms with E-state index in [2.05, 4.69) is 20.8 Å². The van der Waals surface area contributed by atoms with Crippen LogP contribution in [0.2, 0.25) is 0 Å². The van der Waals surface area contributed by atoms with Gasteiger partial charge < -0.3 is 4.74 Å². The number of ether oxygens (including phenoxy) is 1. The van der Waals surface area contributed by atoms with Gasteiger partial charge in [-0.05, 0) is 18.8 Å². The van der Waals surface area contributed by atoms with Gasteiger partial charge in [0.05, 0.1) is 6.61 Å².